The van der Waals surface area contributed by atoms with Crippen LogP contribution in [0.2, 0.25) is 0 Å². The van der Waals surface area contributed by atoms with Crippen molar-refractivity contribution in [3.63, 3.8) is 0 Å². The fourth-order valence-electron chi connectivity index (χ4n) is 2.27. The number of amides is 3. The second-order valence-corrected chi connectivity index (χ2v) is 7.47. The molecule has 2 aromatic rings. The maximum atomic E-state index is 11.9. The van der Waals surface area contributed by atoms with Crippen molar-refractivity contribution in [2.24, 2.45) is 5.14 Å². The summed E-state index contributed by atoms with van der Waals surface area (Å²) in [6.07, 6.45) is 0.412. The smallest absolute Gasteiger partial charge is 0.313 e. The van der Waals surface area contributed by atoms with E-state index in [4.69, 9.17) is 5.14 Å². The van der Waals surface area contributed by atoms with E-state index in [0.717, 1.165) is 5.56 Å². The second-order valence-electron chi connectivity index (χ2n) is 5.91. The minimum Gasteiger partial charge on any atom is -0.347 e. The van der Waals surface area contributed by atoms with Crippen molar-refractivity contribution >= 4 is 39.1 Å². The SMILES string of the molecule is CC(=O)Nc1ccc(NC(=O)C(=O)NCCc2ccc(S(N)(=O)=O)cc2)cc1. The van der Waals surface area contributed by atoms with Gasteiger partial charge in [-0.25, -0.2) is 13.6 Å². The number of hydrogen-bond donors (Lipinski definition) is 4. The molecule has 28 heavy (non-hydrogen) atoms. The molecule has 0 radical (unpaired) electrons. The number of anilines is 2. The topological polar surface area (TPSA) is 147 Å². The van der Waals surface area contributed by atoms with Crippen molar-refractivity contribution in [3.05, 3.63) is 54.1 Å². The van der Waals surface area contributed by atoms with Crippen LogP contribution in [0, 0.1) is 0 Å². The van der Waals surface area contributed by atoms with Gasteiger partial charge in [-0.2, -0.15) is 0 Å². The van der Waals surface area contributed by atoms with Crippen LogP contribution in [0.1, 0.15) is 12.5 Å². The number of carbonyl (C=O) groups excluding carboxylic acids is 3. The van der Waals surface area contributed by atoms with Gasteiger partial charge in [0, 0.05) is 24.8 Å². The molecule has 148 valence electrons. The first-order chi connectivity index (χ1) is 13.1. The lowest BCUT2D eigenvalue weighted by Gasteiger charge is -2.08. The molecule has 0 spiro atoms. The summed E-state index contributed by atoms with van der Waals surface area (Å²) in [7, 11) is -3.75. The maximum absolute atomic E-state index is 11.9. The van der Waals surface area contributed by atoms with E-state index >= 15 is 0 Å². The van der Waals surface area contributed by atoms with Crippen molar-refractivity contribution in [1.29, 1.82) is 0 Å². The molecule has 0 aliphatic carbocycles. The third kappa shape index (κ3) is 6.49. The number of carbonyl (C=O) groups is 3. The minimum absolute atomic E-state index is 0.00387. The Labute approximate surface area is 162 Å². The molecule has 0 saturated carbocycles. The summed E-state index contributed by atoms with van der Waals surface area (Å²) < 4.78 is 22.4. The molecule has 0 atom stereocenters. The van der Waals surface area contributed by atoms with Gasteiger partial charge in [-0.3, -0.25) is 14.4 Å². The van der Waals surface area contributed by atoms with Gasteiger partial charge < -0.3 is 16.0 Å². The third-order valence-corrected chi connectivity index (χ3v) is 4.55. The van der Waals surface area contributed by atoms with Crippen LogP contribution in [-0.4, -0.2) is 32.7 Å². The number of nitrogens with one attached hydrogen (secondary N) is 3. The molecule has 10 heteroatoms. The van der Waals surface area contributed by atoms with Crippen LogP contribution in [0.25, 0.3) is 0 Å². The summed E-state index contributed by atoms with van der Waals surface area (Å²) in [5.41, 5.74) is 1.76. The highest BCUT2D eigenvalue weighted by Gasteiger charge is 2.13. The first-order valence-electron chi connectivity index (χ1n) is 8.24. The number of rotatable bonds is 6. The molecule has 3 amide bonds. The number of nitrogens with two attached hydrogens (primary N) is 1. The van der Waals surface area contributed by atoms with Crippen LogP contribution in [0.3, 0.4) is 0 Å². The average molecular weight is 404 g/mol. The molecule has 0 unspecified atom stereocenters. The molecule has 9 nitrogen and oxygen atoms in total. The van der Waals surface area contributed by atoms with Crippen LogP contribution < -0.4 is 21.1 Å². The highest BCUT2D eigenvalue weighted by atomic mass is 32.2. The molecule has 0 saturated heterocycles. The van der Waals surface area contributed by atoms with Crippen LogP contribution in [-0.2, 0) is 30.8 Å². The van der Waals surface area contributed by atoms with Gasteiger partial charge in [0.1, 0.15) is 0 Å². The Morgan fingerprint density at radius 1 is 0.857 bits per heavy atom. The quantitative estimate of drug-likeness (QED) is 0.520. The molecule has 0 fully saturated rings. The Morgan fingerprint density at radius 3 is 1.89 bits per heavy atom. The van der Waals surface area contributed by atoms with Crippen LogP contribution in [0.15, 0.2) is 53.4 Å². The van der Waals surface area contributed by atoms with E-state index in [1.54, 1.807) is 36.4 Å². The Balaban J connectivity index is 1.81. The largest absolute Gasteiger partial charge is 0.347 e. The molecule has 5 N–H and O–H groups in total. The normalized spacial score (nSPS) is 10.8. The van der Waals surface area contributed by atoms with E-state index in [1.807, 2.05) is 0 Å². The molecular formula is C18H20N4O5S. The van der Waals surface area contributed by atoms with Gasteiger partial charge in [0.05, 0.1) is 4.90 Å². The lowest BCUT2D eigenvalue weighted by Crippen LogP contribution is -2.36. The minimum atomic E-state index is -3.75. The van der Waals surface area contributed by atoms with E-state index < -0.39 is 21.8 Å². The third-order valence-electron chi connectivity index (χ3n) is 3.62. The summed E-state index contributed by atoms with van der Waals surface area (Å²) in [5.74, 6) is -1.83. The zero-order valence-corrected chi connectivity index (χ0v) is 15.9. The number of hydrogen-bond acceptors (Lipinski definition) is 5. The maximum Gasteiger partial charge on any atom is 0.313 e. The van der Waals surface area contributed by atoms with Crippen molar-refractivity contribution in [1.82, 2.24) is 5.32 Å². The summed E-state index contributed by atoms with van der Waals surface area (Å²) in [6.45, 7) is 1.58. The summed E-state index contributed by atoms with van der Waals surface area (Å²) in [5, 5.41) is 12.6. The number of primary sulfonamides is 1. The van der Waals surface area contributed by atoms with Gasteiger partial charge in [0.2, 0.25) is 15.9 Å². The average Bonchev–Trinajstić information content (AvgIpc) is 2.62. The van der Waals surface area contributed by atoms with E-state index in [9.17, 15) is 22.8 Å². The van der Waals surface area contributed by atoms with Gasteiger partial charge in [-0.15, -0.1) is 0 Å². The zero-order valence-electron chi connectivity index (χ0n) is 15.1. The molecule has 0 aliphatic rings. The second kappa shape index (κ2) is 9.11. The number of sulfonamides is 1. The monoisotopic (exact) mass is 404 g/mol. The predicted octanol–water partition coefficient (Wildman–Crippen LogP) is 0.590. The van der Waals surface area contributed by atoms with E-state index in [1.165, 1.54) is 19.1 Å². The van der Waals surface area contributed by atoms with Gasteiger partial charge in [0.15, 0.2) is 0 Å². The predicted molar refractivity (Wildman–Crippen MR) is 104 cm³/mol. The molecule has 0 heterocycles. The lowest BCUT2D eigenvalue weighted by atomic mass is 10.1. The molecule has 2 aromatic carbocycles. The summed E-state index contributed by atoms with van der Waals surface area (Å²) >= 11 is 0. The van der Waals surface area contributed by atoms with E-state index in [2.05, 4.69) is 16.0 Å². The lowest BCUT2D eigenvalue weighted by molar-refractivity contribution is -0.136. The molecule has 0 aliphatic heterocycles. The Bertz CT molecular complexity index is 970. The summed E-state index contributed by atoms with van der Waals surface area (Å²) in [4.78, 5) is 34.7. The molecule has 2 rings (SSSR count). The fraction of sp³-hybridized carbons (Fsp3) is 0.167. The first kappa shape index (κ1) is 21.1. The highest BCUT2D eigenvalue weighted by Crippen LogP contribution is 2.13. The Hall–Kier alpha value is -3.24. The Morgan fingerprint density at radius 2 is 1.39 bits per heavy atom. The fourth-order valence-corrected chi connectivity index (χ4v) is 2.79. The van der Waals surface area contributed by atoms with Gasteiger partial charge in [-0.1, -0.05) is 12.1 Å². The van der Waals surface area contributed by atoms with Crippen molar-refractivity contribution in [2.45, 2.75) is 18.2 Å². The van der Waals surface area contributed by atoms with E-state index in [0.29, 0.717) is 17.8 Å². The van der Waals surface area contributed by atoms with Crippen LogP contribution in [0.4, 0.5) is 11.4 Å². The number of benzene rings is 2. The first-order valence-corrected chi connectivity index (χ1v) is 9.78. The van der Waals surface area contributed by atoms with E-state index in [-0.39, 0.29) is 17.3 Å². The van der Waals surface area contributed by atoms with Crippen molar-refractivity contribution in [2.75, 3.05) is 17.2 Å². The molecule has 0 aromatic heterocycles. The van der Waals surface area contributed by atoms with Gasteiger partial charge in [0.25, 0.3) is 0 Å². The van der Waals surface area contributed by atoms with Crippen LogP contribution in [0.5, 0.6) is 0 Å². The van der Waals surface area contributed by atoms with Gasteiger partial charge in [-0.05, 0) is 48.4 Å². The molecule has 0 bridgehead atoms. The van der Waals surface area contributed by atoms with Crippen molar-refractivity contribution < 1.29 is 22.8 Å². The van der Waals surface area contributed by atoms with Crippen molar-refractivity contribution in [3.8, 4) is 0 Å². The van der Waals surface area contributed by atoms with Crippen LogP contribution >= 0.6 is 0 Å². The zero-order chi connectivity index (χ0) is 20.7. The van der Waals surface area contributed by atoms with Gasteiger partial charge >= 0.3 is 11.8 Å². The highest BCUT2D eigenvalue weighted by molar-refractivity contribution is 7.89. The molecular weight excluding hydrogens is 384 g/mol. The standard InChI is InChI=1S/C18H20N4O5S/c1-12(23)21-14-4-6-15(7-5-14)22-18(25)17(24)20-11-10-13-2-8-16(9-3-13)28(19,26)27/h2-9H,10-11H2,1H3,(H,20,24)(H,21,23)(H,22,25)(H2,19,26,27). The summed E-state index contributed by atoms with van der Waals surface area (Å²) in [6, 6.07) is 12.2. The Kier molecular flexibility index (Phi) is 6.85.